The summed E-state index contributed by atoms with van der Waals surface area (Å²) in [5.74, 6) is -4.20. The van der Waals surface area contributed by atoms with Gasteiger partial charge in [-0.2, -0.15) is 0 Å². The van der Waals surface area contributed by atoms with E-state index < -0.39 is 23.8 Å². The van der Waals surface area contributed by atoms with Crippen LogP contribution < -0.4 is 5.32 Å². The van der Waals surface area contributed by atoms with Crippen molar-refractivity contribution in [3.63, 3.8) is 0 Å². The van der Waals surface area contributed by atoms with Crippen molar-refractivity contribution >= 4 is 18.0 Å². The second kappa shape index (κ2) is 4.83. The van der Waals surface area contributed by atoms with E-state index in [-0.39, 0.29) is 25.0 Å². The number of urea groups is 1. The molecule has 18 heavy (non-hydrogen) atoms. The molecule has 3 N–H and O–H groups in total. The van der Waals surface area contributed by atoms with Gasteiger partial charge in [0.1, 0.15) is 0 Å². The molecule has 0 radical (unpaired) electrons. The standard InChI is InChI=1S/C11H16N2O5/c14-9(15)7-3-4-13(5-8(7)10(16)17)11(18)12-6-1-2-6/h6-8H,1-5H2,(H,12,18)(H,14,15)(H,16,17). The van der Waals surface area contributed by atoms with E-state index in [1.807, 2.05) is 0 Å². The Morgan fingerprint density at radius 1 is 1.00 bits per heavy atom. The molecule has 0 spiro atoms. The van der Waals surface area contributed by atoms with Gasteiger partial charge in [0.2, 0.25) is 0 Å². The molecule has 2 atom stereocenters. The normalized spacial score (nSPS) is 27.7. The summed E-state index contributed by atoms with van der Waals surface area (Å²) in [6, 6.07) is -0.0782. The fourth-order valence-corrected chi connectivity index (χ4v) is 2.18. The summed E-state index contributed by atoms with van der Waals surface area (Å²) < 4.78 is 0. The molecular weight excluding hydrogens is 240 g/mol. The highest BCUT2D eigenvalue weighted by molar-refractivity contribution is 5.82. The van der Waals surface area contributed by atoms with Gasteiger partial charge in [-0.3, -0.25) is 9.59 Å². The molecule has 2 amide bonds. The lowest BCUT2D eigenvalue weighted by molar-refractivity contribution is -0.156. The third kappa shape index (κ3) is 2.72. The van der Waals surface area contributed by atoms with Gasteiger partial charge in [-0.1, -0.05) is 0 Å². The topological polar surface area (TPSA) is 107 Å². The van der Waals surface area contributed by atoms with Crippen molar-refractivity contribution in [3.05, 3.63) is 0 Å². The third-order valence-electron chi connectivity index (χ3n) is 3.44. The highest BCUT2D eigenvalue weighted by Crippen LogP contribution is 2.25. The molecule has 1 aliphatic carbocycles. The Kier molecular flexibility index (Phi) is 3.40. The lowest BCUT2D eigenvalue weighted by Gasteiger charge is -2.34. The molecule has 7 nitrogen and oxygen atoms in total. The molecule has 2 aliphatic rings. The Morgan fingerprint density at radius 3 is 2.11 bits per heavy atom. The number of carboxylic acids is 2. The molecule has 2 fully saturated rings. The first kappa shape index (κ1) is 12.7. The fourth-order valence-electron chi connectivity index (χ4n) is 2.18. The lowest BCUT2D eigenvalue weighted by Crippen LogP contribution is -2.51. The van der Waals surface area contributed by atoms with E-state index in [2.05, 4.69) is 5.32 Å². The van der Waals surface area contributed by atoms with E-state index in [1.165, 1.54) is 4.90 Å². The largest absolute Gasteiger partial charge is 0.481 e. The lowest BCUT2D eigenvalue weighted by atomic mass is 9.85. The van der Waals surface area contributed by atoms with Crippen molar-refractivity contribution in [1.29, 1.82) is 0 Å². The minimum atomic E-state index is -1.16. The Morgan fingerprint density at radius 2 is 1.61 bits per heavy atom. The maximum absolute atomic E-state index is 11.8. The van der Waals surface area contributed by atoms with Gasteiger partial charge in [-0.05, 0) is 19.3 Å². The Bertz CT molecular complexity index is 380. The highest BCUT2D eigenvalue weighted by Gasteiger charge is 2.40. The van der Waals surface area contributed by atoms with Crippen LogP contribution in [0, 0.1) is 11.8 Å². The number of likely N-dealkylation sites (tertiary alicyclic amines) is 1. The zero-order chi connectivity index (χ0) is 13.3. The number of carbonyl (C=O) groups excluding carboxylic acids is 1. The van der Waals surface area contributed by atoms with Gasteiger partial charge < -0.3 is 20.4 Å². The average Bonchev–Trinajstić information content (AvgIpc) is 3.11. The molecule has 100 valence electrons. The summed E-state index contributed by atoms with van der Waals surface area (Å²) in [6.07, 6.45) is 2.10. The highest BCUT2D eigenvalue weighted by atomic mass is 16.4. The molecule has 0 aromatic rings. The smallest absolute Gasteiger partial charge is 0.317 e. The molecule has 2 unspecified atom stereocenters. The van der Waals surface area contributed by atoms with Crippen LogP contribution in [0.1, 0.15) is 19.3 Å². The minimum absolute atomic E-state index is 0.0369. The predicted octanol–water partition coefficient (Wildman–Crippen LogP) is -0.0343. The summed E-state index contributed by atoms with van der Waals surface area (Å²) in [5, 5.41) is 20.8. The van der Waals surface area contributed by atoms with Gasteiger partial charge in [0.25, 0.3) is 0 Å². The van der Waals surface area contributed by atoms with E-state index in [0.29, 0.717) is 6.54 Å². The van der Waals surface area contributed by atoms with Crippen LogP contribution in [-0.4, -0.2) is 52.2 Å². The number of hydrogen-bond acceptors (Lipinski definition) is 3. The van der Waals surface area contributed by atoms with Gasteiger partial charge in [0, 0.05) is 19.1 Å². The number of rotatable bonds is 3. The summed E-state index contributed by atoms with van der Waals surface area (Å²) >= 11 is 0. The molecule has 1 heterocycles. The molecule has 1 saturated carbocycles. The molecule has 0 aromatic heterocycles. The van der Waals surface area contributed by atoms with Crippen LogP contribution in [0.25, 0.3) is 0 Å². The molecule has 1 saturated heterocycles. The third-order valence-corrected chi connectivity index (χ3v) is 3.44. The fraction of sp³-hybridized carbons (Fsp3) is 0.727. The minimum Gasteiger partial charge on any atom is -0.481 e. The van der Waals surface area contributed by atoms with Crippen molar-refractivity contribution in [1.82, 2.24) is 10.2 Å². The van der Waals surface area contributed by atoms with Gasteiger partial charge in [-0.25, -0.2) is 4.79 Å². The number of piperidine rings is 1. The van der Waals surface area contributed by atoms with E-state index in [1.54, 1.807) is 0 Å². The van der Waals surface area contributed by atoms with Crippen LogP contribution in [0.5, 0.6) is 0 Å². The number of amides is 2. The van der Waals surface area contributed by atoms with E-state index in [4.69, 9.17) is 10.2 Å². The van der Waals surface area contributed by atoms with Crippen molar-refractivity contribution in [2.24, 2.45) is 11.8 Å². The number of carbonyl (C=O) groups is 3. The van der Waals surface area contributed by atoms with Crippen molar-refractivity contribution in [2.75, 3.05) is 13.1 Å². The maximum Gasteiger partial charge on any atom is 0.317 e. The van der Waals surface area contributed by atoms with E-state index in [9.17, 15) is 14.4 Å². The van der Waals surface area contributed by atoms with Crippen LogP contribution in [0.4, 0.5) is 4.79 Å². The van der Waals surface area contributed by atoms with Crippen LogP contribution in [0.15, 0.2) is 0 Å². The average molecular weight is 256 g/mol. The summed E-state index contributed by atoms with van der Waals surface area (Å²) in [4.78, 5) is 35.2. The molecule has 0 aromatic carbocycles. The number of nitrogens with zero attached hydrogens (tertiary/aromatic N) is 1. The quantitative estimate of drug-likeness (QED) is 0.657. The van der Waals surface area contributed by atoms with Crippen LogP contribution in [-0.2, 0) is 9.59 Å². The molecule has 2 rings (SSSR count). The predicted molar refractivity (Wildman–Crippen MR) is 60.0 cm³/mol. The monoisotopic (exact) mass is 256 g/mol. The van der Waals surface area contributed by atoms with Crippen LogP contribution in [0.3, 0.4) is 0 Å². The number of nitrogens with one attached hydrogen (secondary N) is 1. The second-order valence-electron chi connectivity index (χ2n) is 4.85. The van der Waals surface area contributed by atoms with E-state index in [0.717, 1.165) is 12.8 Å². The summed E-state index contributed by atoms with van der Waals surface area (Å²) in [6.45, 7) is 0.254. The van der Waals surface area contributed by atoms with Crippen molar-refractivity contribution in [2.45, 2.75) is 25.3 Å². The van der Waals surface area contributed by atoms with Gasteiger partial charge in [-0.15, -0.1) is 0 Å². The Labute approximate surface area is 104 Å². The first-order valence-corrected chi connectivity index (χ1v) is 6.00. The Hall–Kier alpha value is -1.79. The maximum atomic E-state index is 11.8. The Balaban J connectivity index is 1.98. The van der Waals surface area contributed by atoms with Gasteiger partial charge in [0.15, 0.2) is 0 Å². The van der Waals surface area contributed by atoms with Crippen molar-refractivity contribution < 1.29 is 24.6 Å². The zero-order valence-electron chi connectivity index (χ0n) is 9.83. The second-order valence-corrected chi connectivity index (χ2v) is 4.85. The SMILES string of the molecule is O=C(O)C1CCN(C(=O)NC2CC2)CC1C(=O)O. The zero-order valence-corrected chi connectivity index (χ0v) is 9.83. The summed E-state index contributed by atoms with van der Waals surface area (Å²) in [7, 11) is 0. The van der Waals surface area contributed by atoms with Crippen LogP contribution in [0.2, 0.25) is 0 Å². The van der Waals surface area contributed by atoms with Crippen molar-refractivity contribution in [3.8, 4) is 0 Å². The number of carboxylic acid groups (broad SMARTS) is 2. The summed E-state index contributed by atoms with van der Waals surface area (Å²) in [5.41, 5.74) is 0. The molecule has 7 heteroatoms. The van der Waals surface area contributed by atoms with Gasteiger partial charge in [0.05, 0.1) is 11.8 Å². The molecule has 1 aliphatic heterocycles. The number of aliphatic carboxylic acids is 2. The first-order valence-electron chi connectivity index (χ1n) is 6.00. The van der Waals surface area contributed by atoms with E-state index >= 15 is 0 Å². The van der Waals surface area contributed by atoms with Crippen LogP contribution >= 0.6 is 0 Å². The van der Waals surface area contributed by atoms with Gasteiger partial charge >= 0.3 is 18.0 Å². The molecule has 0 bridgehead atoms. The molecular formula is C11H16N2O5. The number of hydrogen-bond donors (Lipinski definition) is 3. The first-order chi connectivity index (χ1) is 8.49.